The van der Waals surface area contributed by atoms with E-state index in [9.17, 15) is 23.1 Å². The third-order valence-corrected chi connectivity index (χ3v) is 6.99. The van der Waals surface area contributed by atoms with Crippen molar-refractivity contribution in [2.24, 2.45) is 0 Å². The molecule has 0 atom stereocenters. The summed E-state index contributed by atoms with van der Waals surface area (Å²) in [4.78, 5) is 25.4. The first-order valence-corrected chi connectivity index (χ1v) is 11.7. The fourth-order valence-electron chi connectivity index (χ4n) is 4.97. The van der Waals surface area contributed by atoms with Crippen LogP contribution < -0.4 is 10.2 Å². The highest BCUT2D eigenvalue weighted by molar-refractivity contribution is 5.90. The lowest BCUT2D eigenvalue weighted by atomic mass is 9.90. The van der Waals surface area contributed by atoms with Gasteiger partial charge in [-0.2, -0.15) is 28.2 Å². The van der Waals surface area contributed by atoms with E-state index in [1.165, 1.54) is 10.7 Å². The Morgan fingerprint density at radius 2 is 1.94 bits per heavy atom. The van der Waals surface area contributed by atoms with E-state index >= 15 is 0 Å². The minimum absolute atomic E-state index is 0.0200. The molecule has 3 fully saturated rings. The molecular formula is C23H24F3N7O2. The van der Waals surface area contributed by atoms with E-state index in [4.69, 9.17) is 4.98 Å². The minimum atomic E-state index is -4.48. The van der Waals surface area contributed by atoms with Crippen molar-refractivity contribution < 1.29 is 23.1 Å². The highest BCUT2D eigenvalue weighted by atomic mass is 19.4. The van der Waals surface area contributed by atoms with Crippen molar-refractivity contribution in [2.45, 2.75) is 50.0 Å². The van der Waals surface area contributed by atoms with E-state index in [1.807, 2.05) is 9.80 Å². The van der Waals surface area contributed by atoms with Gasteiger partial charge in [0, 0.05) is 32.1 Å². The molecule has 0 bridgehead atoms. The van der Waals surface area contributed by atoms with Crippen LogP contribution in [0.15, 0.2) is 30.5 Å². The lowest BCUT2D eigenvalue weighted by Crippen LogP contribution is -2.60. The van der Waals surface area contributed by atoms with Crippen LogP contribution in [-0.2, 0) is 11.0 Å². The Balaban J connectivity index is 1.36. The molecule has 1 aromatic carbocycles. The van der Waals surface area contributed by atoms with Gasteiger partial charge in [0.2, 0.25) is 11.9 Å². The molecule has 2 aromatic heterocycles. The third kappa shape index (κ3) is 3.95. The van der Waals surface area contributed by atoms with Gasteiger partial charge in [0.05, 0.1) is 35.0 Å². The average Bonchev–Trinajstić information content (AvgIpc) is 3.38. The quantitative estimate of drug-likeness (QED) is 0.571. The first-order valence-electron chi connectivity index (χ1n) is 11.7. The molecule has 6 rings (SSSR count). The Morgan fingerprint density at radius 3 is 2.63 bits per heavy atom. The number of anilines is 2. The number of fused-ring (bicyclic) bond motifs is 1. The molecular weight excluding hydrogens is 463 g/mol. The lowest BCUT2D eigenvalue weighted by molar-refractivity contribution is -0.137. The summed E-state index contributed by atoms with van der Waals surface area (Å²) in [6.07, 6.45) is -0.663. The van der Waals surface area contributed by atoms with E-state index in [0.29, 0.717) is 55.2 Å². The zero-order chi connectivity index (χ0) is 24.3. The van der Waals surface area contributed by atoms with Crippen LogP contribution >= 0.6 is 0 Å². The summed E-state index contributed by atoms with van der Waals surface area (Å²) in [7, 11) is 0. The van der Waals surface area contributed by atoms with Gasteiger partial charge in [0.15, 0.2) is 5.65 Å². The molecule has 1 aliphatic carbocycles. The van der Waals surface area contributed by atoms with E-state index < -0.39 is 11.7 Å². The second-order valence-corrected chi connectivity index (χ2v) is 9.43. The molecule has 4 heterocycles. The van der Waals surface area contributed by atoms with Crippen LogP contribution in [0.5, 0.6) is 0 Å². The van der Waals surface area contributed by atoms with E-state index in [-0.39, 0.29) is 29.8 Å². The van der Waals surface area contributed by atoms with Gasteiger partial charge in [-0.1, -0.05) is 6.07 Å². The van der Waals surface area contributed by atoms with Crippen molar-refractivity contribution in [1.29, 1.82) is 0 Å². The first kappa shape index (κ1) is 22.1. The summed E-state index contributed by atoms with van der Waals surface area (Å²) >= 11 is 0. The largest absolute Gasteiger partial charge is 0.416 e. The Labute approximate surface area is 198 Å². The van der Waals surface area contributed by atoms with Crippen LogP contribution in [0.3, 0.4) is 0 Å². The number of carbonyl (C=O) groups excluding carboxylic acids is 1. The molecule has 1 saturated carbocycles. The number of likely N-dealkylation sites (tertiary alicyclic amines) is 1. The number of nitrogens with zero attached hydrogens (tertiary/aromatic N) is 6. The molecule has 2 N–H and O–H groups in total. The number of rotatable bonds is 5. The summed E-state index contributed by atoms with van der Waals surface area (Å²) in [5, 5.41) is 17.8. The van der Waals surface area contributed by atoms with Crippen molar-refractivity contribution in [3.05, 3.63) is 36.0 Å². The van der Waals surface area contributed by atoms with Crippen LogP contribution in [0, 0.1) is 0 Å². The Morgan fingerprint density at radius 1 is 1.14 bits per heavy atom. The monoisotopic (exact) mass is 487 g/mol. The molecule has 1 amide bonds. The van der Waals surface area contributed by atoms with Crippen LogP contribution in [0.25, 0.3) is 16.7 Å². The number of benzene rings is 1. The number of aromatic nitrogens is 4. The Hall–Kier alpha value is -3.41. The summed E-state index contributed by atoms with van der Waals surface area (Å²) in [6, 6.07) is 5.10. The summed E-state index contributed by atoms with van der Waals surface area (Å²) in [6.45, 7) is 2.00. The highest BCUT2D eigenvalue weighted by Crippen LogP contribution is 2.34. The van der Waals surface area contributed by atoms with Crippen molar-refractivity contribution in [3.8, 4) is 5.69 Å². The fraction of sp³-hybridized carbons (Fsp3) is 0.478. The highest BCUT2D eigenvalue weighted by Gasteiger charge is 2.38. The van der Waals surface area contributed by atoms with Crippen LogP contribution in [0.4, 0.5) is 24.9 Å². The van der Waals surface area contributed by atoms with Gasteiger partial charge >= 0.3 is 6.18 Å². The van der Waals surface area contributed by atoms with E-state index in [2.05, 4.69) is 15.4 Å². The number of halogens is 3. The average molecular weight is 487 g/mol. The predicted octanol–water partition coefficient (Wildman–Crippen LogP) is 2.58. The topological polar surface area (TPSA) is 99.4 Å². The SMILES string of the molecule is O=C1CCCN1C1CN(c2nc(NC3CC(O)C3)nc3c2cnn3-c2cccc(C(F)(F)F)c2)C1. The maximum atomic E-state index is 13.3. The number of aliphatic hydroxyl groups excluding tert-OH is 1. The molecule has 0 radical (unpaired) electrons. The van der Waals surface area contributed by atoms with Crippen molar-refractivity contribution in [1.82, 2.24) is 24.6 Å². The molecule has 2 saturated heterocycles. The Bertz CT molecular complexity index is 1280. The smallest absolute Gasteiger partial charge is 0.393 e. The second kappa shape index (κ2) is 8.08. The lowest BCUT2D eigenvalue weighted by Gasteiger charge is -2.44. The number of carbonyl (C=O) groups is 1. The summed E-state index contributed by atoms with van der Waals surface area (Å²) in [5.74, 6) is 1.13. The number of alkyl halides is 3. The molecule has 184 valence electrons. The first-order chi connectivity index (χ1) is 16.8. The number of aliphatic hydroxyl groups is 1. The van der Waals surface area contributed by atoms with Gasteiger partial charge in [-0.3, -0.25) is 4.79 Å². The molecule has 2 aliphatic heterocycles. The molecule has 12 heteroatoms. The standard InChI is InChI=1S/C23H24F3N7O2/c24-23(25,26)13-3-1-4-15(7-13)33-21-18(10-27-33)20(29-22(30-21)28-14-8-17(34)9-14)31-11-16(12-31)32-6-2-5-19(32)35/h1,3-4,7,10,14,16-17,34H,2,5-6,8-9,11-12H2,(H,28,29,30). The van der Waals surface area contributed by atoms with E-state index in [0.717, 1.165) is 25.1 Å². The number of nitrogens with one attached hydrogen (secondary N) is 1. The summed E-state index contributed by atoms with van der Waals surface area (Å²) in [5.41, 5.74) is -0.137. The maximum Gasteiger partial charge on any atom is 0.416 e. The normalized spacial score (nSPS) is 23.0. The Kier molecular flexibility index (Phi) is 5.09. The molecule has 3 aromatic rings. The van der Waals surface area contributed by atoms with Crippen molar-refractivity contribution >= 4 is 28.7 Å². The third-order valence-electron chi connectivity index (χ3n) is 6.99. The molecule has 0 unspecified atom stereocenters. The predicted molar refractivity (Wildman–Crippen MR) is 121 cm³/mol. The van der Waals surface area contributed by atoms with Crippen molar-refractivity contribution in [2.75, 3.05) is 29.9 Å². The summed E-state index contributed by atoms with van der Waals surface area (Å²) < 4.78 is 41.3. The van der Waals surface area contributed by atoms with Gasteiger partial charge in [0.25, 0.3) is 0 Å². The van der Waals surface area contributed by atoms with Gasteiger partial charge in [-0.25, -0.2) is 4.68 Å². The van der Waals surface area contributed by atoms with Gasteiger partial charge in [-0.15, -0.1) is 0 Å². The molecule has 0 spiro atoms. The van der Waals surface area contributed by atoms with Crippen LogP contribution in [0.2, 0.25) is 0 Å². The van der Waals surface area contributed by atoms with Gasteiger partial charge in [0.1, 0.15) is 5.82 Å². The molecule has 35 heavy (non-hydrogen) atoms. The molecule has 9 nitrogen and oxygen atoms in total. The second-order valence-electron chi connectivity index (χ2n) is 9.43. The maximum absolute atomic E-state index is 13.3. The van der Waals surface area contributed by atoms with Gasteiger partial charge in [-0.05, 0) is 37.5 Å². The van der Waals surface area contributed by atoms with Crippen LogP contribution in [0.1, 0.15) is 31.2 Å². The minimum Gasteiger partial charge on any atom is -0.393 e. The molecule has 3 aliphatic rings. The zero-order valence-corrected chi connectivity index (χ0v) is 18.7. The number of hydrogen-bond acceptors (Lipinski definition) is 7. The van der Waals surface area contributed by atoms with E-state index in [1.54, 1.807) is 12.3 Å². The zero-order valence-electron chi connectivity index (χ0n) is 18.7. The fourth-order valence-corrected chi connectivity index (χ4v) is 4.97. The van der Waals surface area contributed by atoms with Crippen molar-refractivity contribution in [3.63, 3.8) is 0 Å². The number of amides is 1. The van der Waals surface area contributed by atoms with Crippen LogP contribution in [-0.4, -0.2) is 73.5 Å². The number of hydrogen-bond donors (Lipinski definition) is 2. The van der Waals surface area contributed by atoms with Gasteiger partial charge < -0.3 is 20.2 Å².